The highest BCUT2D eigenvalue weighted by Gasteiger charge is 2.38. The number of benzene rings is 2. The van der Waals surface area contributed by atoms with Crippen LogP contribution >= 0.6 is 23.2 Å². The fourth-order valence-corrected chi connectivity index (χ4v) is 3.64. The second-order valence-electron chi connectivity index (χ2n) is 6.98. The lowest BCUT2D eigenvalue weighted by molar-refractivity contribution is -0.137. The molecule has 31 heavy (non-hydrogen) atoms. The number of anilines is 1. The van der Waals surface area contributed by atoms with Gasteiger partial charge in [0, 0.05) is 16.9 Å². The van der Waals surface area contributed by atoms with Crippen molar-refractivity contribution in [2.45, 2.75) is 18.3 Å². The Bertz CT molecular complexity index is 1070. The normalized spacial score (nSPS) is 18.9. The molecule has 0 aliphatic carbocycles. The van der Waals surface area contributed by atoms with Crippen LogP contribution < -0.4 is 10.7 Å². The van der Waals surface area contributed by atoms with Crippen molar-refractivity contribution in [3.8, 4) is 0 Å². The number of hydrogen-bond donors (Lipinski definition) is 2. The van der Waals surface area contributed by atoms with Crippen LogP contribution in [0.25, 0.3) is 0 Å². The smallest absolute Gasteiger partial charge is 0.307 e. The summed E-state index contributed by atoms with van der Waals surface area (Å²) in [6, 6.07) is 10.3. The molecule has 1 aliphatic rings. The third-order valence-electron chi connectivity index (χ3n) is 4.90. The number of nitrogens with one attached hydrogen (secondary N) is 2. The maximum Gasteiger partial charge on any atom is 0.416 e. The van der Waals surface area contributed by atoms with Crippen LogP contribution in [0.2, 0.25) is 10.0 Å². The number of carbonyl (C=O) groups is 1. The summed E-state index contributed by atoms with van der Waals surface area (Å²) < 4.78 is 39.9. The predicted molar refractivity (Wildman–Crippen MR) is 111 cm³/mol. The maximum absolute atomic E-state index is 12.8. The molecule has 2 amide bonds. The number of aromatic nitrogens is 2. The van der Waals surface area contributed by atoms with Crippen LogP contribution in [0.5, 0.6) is 0 Å². The quantitative estimate of drug-likeness (QED) is 0.528. The molecule has 1 aromatic heterocycles. The molecule has 2 N–H and O–H groups in total. The molecule has 2 aromatic carbocycles. The molecule has 4 rings (SSSR count). The Kier molecular flexibility index (Phi) is 5.83. The second kappa shape index (κ2) is 8.41. The van der Waals surface area contributed by atoms with Gasteiger partial charge in [-0.05, 0) is 42.0 Å². The van der Waals surface area contributed by atoms with E-state index in [-0.39, 0.29) is 24.3 Å². The Morgan fingerprint density at radius 3 is 2.32 bits per heavy atom. The monoisotopic (exact) mass is 469 g/mol. The Balaban J connectivity index is 1.53. The number of hydrazine groups is 1. The van der Waals surface area contributed by atoms with Crippen molar-refractivity contribution >= 4 is 34.9 Å². The minimum absolute atomic E-state index is 0.244. The highest BCUT2D eigenvalue weighted by molar-refractivity contribution is 6.30. The molecular weight excluding hydrogens is 454 g/mol. The van der Waals surface area contributed by atoms with Crippen LogP contribution in [0, 0.1) is 0 Å². The lowest BCUT2D eigenvalue weighted by Crippen LogP contribution is -2.40. The molecular formula is C20H16Cl2F3N5O. The van der Waals surface area contributed by atoms with E-state index < -0.39 is 17.8 Å². The van der Waals surface area contributed by atoms with Gasteiger partial charge in [-0.3, -0.25) is 9.69 Å². The van der Waals surface area contributed by atoms with E-state index in [2.05, 4.69) is 15.8 Å². The van der Waals surface area contributed by atoms with E-state index in [1.165, 1.54) is 23.3 Å². The molecule has 3 aromatic rings. The number of amides is 2. The maximum atomic E-state index is 12.8. The zero-order valence-electron chi connectivity index (χ0n) is 15.8. The molecule has 1 aliphatic heterocycles. The van der Waals surface area contributed by atoms with Crippen molar-refractivity contribution in [3.63, 3.8) is 0 Å². The molecule has 6 nitrogen and oxygen atoms in total. The van der Waals surface area contributed by atoms with Gasteiger partial charge in [-0.25, -0.2) is 10.2 Å². The molecule has 162 valence electrons. The average Bonchev–Trinajstić information content (AvgIpc) is 3.35. The van der Waals surface area contributed by atoms with E-state index in [0.717, 1.165) is 17.7 Å². The van der Waals surface area contributed by atoms with Crippen LogP contribution in [0.15, 0.2) is 60.9 Å². The van der Waals surface area contributed by atoms with Crippen LogP contribution in [0.1, 0.15) is 23.2 Å². The van der Waals surface area contributed by atoms with E-state index >= 15 is 0 Å². The van der Waals surface area contributed by atoms with E-state index in [0.29, 0.717) is 10.0 Å². The molecule has 2 unspecified atom stereocenters. The first kappa shape index (κ1) is 21.5. The summed E-state index contributed by atoms with van der Waals surface area (Å²) in [5.74, 6) is 0. The molecule has 0 spiro atoms. The largest absolute Gasteiger partial charge is 0.416 e. The van der Waals surface area contributed by atoms with Crippen LogP contribution in [0.4, 0.5) is 23.7 Å². The van der Waals surface area contributed by atoms with Crippen molar-refractivity contribution in [2.24, 2.45) is 0 Å². The van der Waals surface area contributed by atoms with Gasteiger partial charge in [-0.2, -0.15) is 18.3 Å². The molecule has 2 heterocycles. The summed E-state index contributed by atoms with van der Waals surface area (Å²) in [7, 11) is 0. The van der Waals surface area contributed by atoms with Gasteiger partial charge in [0.1, 0.15) is 0 Å². The first-order chi connectivity index (χ1) is 14.7. The molecule has 1 saturated heterocycles. The van der Waals surface area contributed by atoms with Gasteiger partial charge in [0.15, 0.2) is 0 Å². The zero-order valence-corrected chi connectivity index (χ0v) is 17.3. The highest BCUT2D eigenvalue weighted by Crippen LogP contribution is 2.34. The summed E-state index contributed by atoms with van der Waals surface area (Å²) in [6.45, 7) is 0.248. The van der Waals surface area contributed by atoms with Gasteiger partial charge < -0.3 is 5.32 Å². The first-order valence-electron chi connectivity index (χ1n) is 9.18. The number of rotatable bonds is 3. The SMILES string of the molecule is O=C(Nc1ccc(C(F)(F)F)cc1)N1CC(n2cc(Cl)cn2)C(c2ccc(Cl)cc2)N1. The number of carbonyl (C=O) groups excluding carboxylic acids is 1. The zero-order chi connectivity index (χ0) is 22.2. The van der Waals surface area contributed by atoms with Gasteiger partial charge in [-0.15, -0.1) is 0 Å². The lowest BCUT2D eigenvalue weighted by Gasteiger charge is -2.19. The van der Waals surface area contributed by atoms with Crippen molar-refractivity contribution in [1.82, 2.24) is 20.2 Å². The van der Waals surface area contributed by atoms with Crippen molar-refractivity contribution in [2.75, 3.05) is 11.9 Å². The fourth-order valence-electron chi connectivity index (χ4n) is 3.37. The number of hydrogen-bond acceptors (Lipinski definition) is 3. The summed E-state index contributed by atoms with van der Waals surface area (Å²) in [5, 5.41) is 9.26. The first-order valence-corrected chi connectivity index (χ1v) is 9.93. The summed E-state index contributed by atoms with van der Waals surface area (Å²) in [6.07, 6.45) is -1.28. The molecule has 11 heteroatoms. The van der Waals surface area contributed by atoms with Gasteiger partial charge >= 0.3 is 12.2 Å². The molecule has 0 saturated carbocycles. The number of urea groups is 1. The van der Waals surface area contributed by atoms with Gasteiger partial charge in [0.2, 0.25) is 0 Å². The van der Waals surface area contributed by atoms with E-state index in [9.17, 15) is 18.0 Å². The molecule has 1 fully saturated rings. The number of halogens is 5. The topological polar surface area (TPSA) is 62.2 Å². The van der Waals surface area contributed by atoms with E-state index in [1.54, 1.807) is 23.0 Å². The van der Waals surface area contributed by atoms with Crippen LogP contribution in [-0.4, -0.2) is 27.4 Å². The van der Waals surface area contributed by atoms with Crippen molar-refractivity contribution < 1.29 is 18.0 Å². The predicted octanol–water partition coefficient (Wildman–Crippen LogP) is 5.54. The average molecular weight is 470 g/mol. The Labute approximate surface area is 185 Å². The highest BCUT2D eigenvalue weighted by atomic mass is 35.5. The second-order valence-corrected chi connectivity index (χ2v) is 7.85. The molecule has 2 atom stereocenters. The summed E-state index contributed by atoms with van der Waals surface area (Å²) in [5.41, 5.74) is 3.47. The van der Waals surface area contributed by atoms with Gasteiger partial charge in [-0.1, -0.05) is 35.3 Å². The summed E-state index contributed by atoms with van der Waals surface area (Å²) in [4.78, 5) is 12.8. The minimum atomic E-state index is -4.44. The summed E-state index contributed by atoms with van der Waals surface area (Å²) >= 11 is 12.0. The van der Waals surface area contributed by atoms with Crippen molar-refractivity contribution in [3.05, 3.63) is 82.1 Å². The van der Waals surface area contributed by atoms with Gasteiger partial charge in [0.25, 0.3) is 0 Å². The lowest BCUT2D eigenvalue weighted by atomic mass is 10.0. The van der Waals surface area contributed by atoms with Crippen molar-refractivity contribution in [1.29, 1.82) is 0 Å². The Morgan fingerprint density at radius 1 is 1.06 bits per heavy atom. The third kappa shape index (κ3) is 4.79. The third-order valence-corrected chi connectivity index (χ3v) is 5.34. The molecule has 0 bridgehead atoms. The minimum Gasteiger partial charge on any atom is -0.307 e. The standard InChI is InChI=1S/C20H16Cl2F3N5O/c21-14-5-1-12(2-6-14)18-17(29-10-15(22)9-26-29)11-30(28-18)19(31)27-16-7-3-13(4-8-16)20(23,24)25/h1-10,17-18,28H,11H2,(H,27,31). The Morgan fingerprint density at radius 2 is 1.74 bits per heavy atom. The van der Waals surface area contributed by atoms with Gasteiger partial charge in [0.05, 0.1) is 35.4 Å². The Hall–Kier alpha value is -2.75. The fraction of sp³-hybridized carbons (Fsp3) is 0.200. The van der Waals surface area contributed by atoms with Crippen LogP contribution in [0.3, 0.4) is 0 Å². The number of alkyl halides is 3. The van der Waals surface area contributed by atoms with E-state index in [1.807, 2.05) is 12.1 Å². The van der Waals surface area contributed by atoms with Crippen LogP contribution in [-0.2, 0) is 6.18 Å². The number of nitrogens with zero attached hydrogens (tertiary/aromatic N) is 3. The van der Waals surface area contributed by atoms with E-state index in [4.69, 9.17) is 23.2 Å². The molecule has 0 radical (unpaired) electrons.